The normalized spacial score (nSPS) is 28.3. The molecular formula is C29H37N3O7. The highest BCUT2D eigenvalue weighted by Crippen LogP contribution is 2.40. The summed E-state index contributed by atoms with van der Waals surface area (Å²) < 4.78 is 11.9. The Morgan fingerprint density at radius 2 is 1.87 bits per heavy atom. The second kappa shape index (κ2) is 10.5. The Labute approximate surface area is 227 Å². The van der Waals surface area contributed by atoms with Crippen LogP contribution in [0, 0.1) is 11.3 Å². The van der Waals surface area contributed by atoms with Crippen LogP contribution in [0.2, 0.25) is 0 Å². The number of hydrogen-bond donors (Lipinski definition) is 3. The minimum Gasteiger partial charge on any atom is -0.507 e. The lowest BCUT2D eigenvalue weighted by atomic mass is 9.85. The maximum atomic E-state index is 13.8. The molecule has 2 bridgehead atoms. The zero-order chi connectivity index (χ0) is 27.9. The van der Waals surface area contributed by atoms with E-state index in [0.29, 0.717) is 28.8 Å². The van der Waals surface area contributed by atoms with E-state index in [2.05, 4.69) is 10.3 Å². The number of nitrogens with zero attached hydrogens (tertiary/aromatic N) is 2. The number of amides is 2. The van der Waals surface area contributed by atoms with Crippen molar-refractivity contribution in [2.45, 2.75) is 90.0 Å². The third-order valence-electron chi connectivity index (χ3n) is 8.03. The summed E-state index contributed by atoms with van der Waals surface area (Å²) in [6.45, 7) is 5.46. The van der Waals surface area contributed by atoms with E-state index in [1.54, 1.807) is 6.07 Å². The predicted molar refractivity (Wildman–Crippen MR) is 143 cm³/mol. The fraction of sp³-hybridized carbons (Fsp3) is 0.586. The molecule has 10 heteroatoms. The average molecular weight is 540 g/mol. The van der Waals surface area contributed by atoms with Gasteiger partial charge in [0.05, 0.1) is 17.6 Å². The molecule has 1 aromatic heterocycles. The number of rotatable bonds is 1. The van der Waals surface area contributed by atoms with Gasteiger partial charge in [0.25, 0.3) is 0 Å². The minimum atomic E-state index is -1.15. The van der Waals surface area contributed by atoms with Crippen molar-refractivity contribution in [1.29, 1.82) is 0 Å². The summed E-state index contributed by atoms with van der Waals surface area (Å²) in [6.07, 6.45) is 3.56. The number of nitrogens with one attached hydrogen (secondary N) is 1. The molecule has 1 saturated heterocycles. The number of fused-ring (bicyclic) bond motifs is 5. The molecule has 3 N–H and O–H groups in total. The first-order chi connectivity index (χ1) is 18.5. The number of aromatic nitrogens is 1. The maximum Gasteiger partial charge on any atom is 0.408 e. The maximum absolute atomic E-state index is 13.8. The number of para-hydroxylation sites is 1. The highest BCUT2D eigenvalue weighted by atomic mass is 16.6. The van der Waals surface area contributed by atoms with Crippen LogP contribution in [0.5, 0.6) is 11.6 Å². The molecule has 0 radical (unpaired) electrons. The molecule has 210 valence electrons. The topological polar surface area (TPSA) is 138 Å². The summed E-state index contributed by atoms with van der Waals surface area (Å²) in [4.78, 5) is 44.7. The lowest BCUT2D eigenvalue weighted by Crippen LogP contribution is -2.57. The number of aliphatic carboxylic acids is 1. The summed E-state index contributed by atoms with van der Waals surface area (Å²) in [5.74, 6) is -0.959. The number of pyridine rings is 1. The molecule has 5 rings (SSSR count). The molecule has 2 aliphatic heterocycles. The van der Waals surface area contributed by atoms with Crippen LogP contribution < -0.4 is 10.1 Å². The summed E-state index contributed by atoms with van der Waals surface area (Å²) >= 11 is 0. The van der Waals surface area contributed by atoms with Gasteiger partial charge in [-0.2, -0.15) is 0 Å². The van der Waals surface area contributed by atoms with Crippen LogP contribution in [0.15, 0.2) is 24.3 Å². The van der Waals surface area contributed by atoms with Gasteiger partial charge < -0.3 is 29.9 Å². The van der Waals surface area contributed by atoms with Crippen molar-refractivity contribution in [2.24, 2.45) is 11.3 Å². The second-order valence-electron chi connectivity index (χ2n) is 12.1. The van der Waals surface area contributed by atoms with Crippen LogP contribution in [0.25, 0.3) is 10.9 Å². The molecule has 39 heavy (non-hydrogen) atoms. The van der Waals surface area contributed by atoms with Gasteiger partial charge in [-0.3, -0.25) is 4.79 Å². The van der Waals surface area contributed by atoms with Crippen LogP contribution in [-0.2, 0) is 20.7 Å². The van der Waals surface area contributed by atoms with Crippen LogP contribution in [0.4, 0.5) is 4.79 Å². The van der Waals surface area contributed by atoms with E-state index in [9.17, 15) is 24.6 Å². The Morgan fingerprint density at radius 1 is 1.10 bits per heavy atom. The monoisotopic (exact) mass is 539 g/mol. The van der Waals surface area contributed by atoms with Gasteiger partial charge in [-0.1, -0.05) is 45.7 Å². The average Bonchev–Trinajstić information content (AvgIpc) is 3.45. The minimum absolute atomic E-state index is 0.0124. The lowest BCUT2D eigenvalue weighted by Gasteiger charge is -2.34. The van der Waals surface area contributed by atoms with Gasteiger partial charge in [0.15, 0.2) is 0 Å². The van der Waals surface area contributed by atoms with Crippen molar-refractivity contribution in [3.8, 4) is 11.6 Å². The Balaban J connectivity index is 1.49. The summed E-state index contributed by atoms with van der Waals surface area (Å²) in [5.41, 5.74) is 0.478. The van der Waals surface area contributed by atoms with Gasteiger partial charge in [-0.05, 0) is 49.1 Å². The van der Waals surface area contributed by atoms with Gasteiger partial charge in [-0.25, -0.2) is 14.6 Å². The lowest BCUT2D eigenvalue weighted by molar-refractivity contribution is -0.150. The van der Waals surface area contributed by atoms with Gasteiger partial charge >= 0.3 is 12.1 Å². The SMILES string of the molecule is CC(C)(C)C1NC(=O)O[C@@H]2C[C@H]2CCCCCc2c(nc3ccccc3c2O)O[C@@H]2CC(C(=O)O)N(C2)C1=O. The van der Waals surface area contributed by atoms with Crippen molar-refractivity contribution in [3.63, 3.8) is 0 Å². The van der Waals surface area contributed by atoms with E-state index in [1.165, 1.54) is 4.90 Å². The first-order valence-corrected chi connectivity index (χ1v) is 13.8. The largest absolute Gasteiger partial charge is 0.507 e. The number of aromatic hydroxyl groups is 1. The van der Waals surface area contributed by atoms with Gasteiger partial charge in [0.2, 0.25) is 11.8 Å². The zero-order valence-electron chi connectivity index (χ0n) is 22.7. The van der Waals surface area contributed by atoms with E-state index in [1.807, 2.05) is 39.0 Å². The zero-order valence-corrected chi connectivity index (χ0v) is 22.7. The molecule has 1 saturated carbocycles. The number of benzene rings is 1. The Morgan fingerprint density at radius 3 is 2.62 bits per heavy atom. The summed E-state index contributed by atoms with van der Waals surface area (Å²) in [7, 11) is 0. The third kappa shape index (κ3) is 5.74. The van der Waals surface area contributed by atoms with E-state index >= 15 is 0 Å². The molecule has 0 spiro atoms. The highest BCUT2D eigenvalue weighted by Gasteiger charge is 2.47. The van der Waals surface area contributed by atoms with Crippen LogP contribution in [-0.4, -0.2) is 68.9 Å². The smallest absolute Gasteiger partial charge is 0.408 e. The first-order valence-electron chi connectivity index (χ1n) is 13.8. The third-order valence-corrected chi connectivity index (χ3v) is 8.03. The number of carbonyl (C=O) groups excluding carboxylic acids is 2. The van der Waals surface area contributed by atoms with Crippen LogP contribution in [0.1, 0.15) is 64.9 Å². The molecule has 1 aromatic carbocycles. The second-order valence-corrected chi connectivity index (χ2v) is 12.1. The van der Waals surface area contributed by atoms with E-state index in [0.717, 1.165) is 32.1 Å². The standard InChI is InChI=1S/C29H37N3O7/c1-29(2,3)24-26(34)32-15-17(14-21(32)27(35)36)38-25-19(23(33)18-10-7-8-12-20(18)30-25)11-6-4-5-9-16-13-22(16)39-28(37)31-24/h7-8,10,12,16-17,21-22,24H,4-6,9,11,13-15H2,1-3H3,(H,30,33)(H,31,37)(H,35,36)/t16-,17-,21?,22-,24?/m1/s1. The number of carboxylic acids is 1. The number of hydrogen-bond acceptors (Lipinski definition) is 7. The fourth-order valence-electron chi connectivity index (χ4n) is 5.71. The van der Waals surface area contributed by atoms with Gasteiger partial charge in [0, 0.05) is 11.8 Å². The summed E-state index contributed by atoms with van der Waals surface area (Å²) in [5, 5.41) is 24.5. The Hall–Kier alpha value is -3.56. The van der Waals surface area contributed by atoms with Crippen molar-refractivity contribution < 1.29 is 34.1 Å². The van der Waals surface area contributed by atoms with Crippen molar-refractivity contribution >= 4 is 28.9 Å². The molecule has 5 atom stereocenters. The molecule has 2 unspecified atom stereocenters. The molecule has 2 aromatic rings. The van der Waals surface area contributed by atoms with Gasteiger partial charge in [0.1, 0.15) is 30.0 Å². The van der Waals surface area contributed by atoms with Crippen molar-refractivity contribution in [3.05, 3.63) is 29.8 Å². The number of alkyl carbamates (subject to hydrolysis) is 1. The molecule has 10 nitrogen and oxygen atoms in total. The number of ether oxygens (including phenoxy) is 2. The highest BCUT2D eigenvalue weighted by molar-refractivity contribution is 5.90. The molecule has 3 aliphatic rings. The molecule has 2 amide bonds. The fourth-order valence-corrected chi connectivity index (χ4v) is 5.71. The van der Waals surface area contributed by atoms with Crippen molar-refractivity contribution in [2.75, 3.05) is 6.54 Å². The Kier molecular flexibility index (Phi) is 7.31. The van der Waals surface area contributed by atoms with Gasteiger partial charge in [-0.15, -0.1) is 0 Å². The molecule has 3 heterocycles. The Bertz CT molecular complexity index is 1270. The molecule has 1 aliphatic carbocycles. The van der Waals surface area contributed by atoms with E-state index < -0.39 is 41.6 Å². The quantitative estimate of drug-likeness (QED) is 0.494. The molecule has 2 fully saturated rings. The van der Waals surface area contributed by atoms with E-state index in [-0.39, 0.29) is 30.7 Å². The molecular weight excluding hydrogens is 502 g/mol. The van der Waals surface area contributed by atoms with E-state index in [4.69, 9.17) is 9.47 Å². The van der Waals surface area contributed by atoms with Crippen LogP contribution >= 0.6 is 0 Å². The van der Waals surface area contributed by atoms with Crippen LogP contribution in [0.3, 0.4) is 0 Å². The number of carboxylic acid groups (broad SMARTS) is 1. The summed E-state index contributed by atoms with van der Waals surface area (Å²) in [6, 6.07) is 5.16. The van der Waals surface area contributed by atoms with Crippen molar-refractivity contribution in [1.82, 2.24) is 15.2 Å². The number of carbonyl (C=O) groups is 3. The predicted octanol–water partition coefficient (Wildman–Crippen LogP) is 4.02. The first kappa shape index (κ1) is 27.0.